The molecule has 0 spiro atoms. The standard InChI is InChI=1S/C17H25NO/c1-2-3-4-13-5-7-14(8-6-13)17(19)15-9-11-16(18)12-10-15/h9-14H,2-8,18H2,1H3. The first kappa shape index (κ1) is 14.1. The molecule has 1 aliphatic carbocycles. The number of Topliss-reactive ketones (excluding diaryl/α,β-unsaturated/α-hetero) is 1. The van der Waals surface area contributed by atoms with Crippen molar-refractivity contribution < 1.29 is 4.79 Å². The quantitative estimate of drug-likeness (QED) is 0.627. The van der Waals surface area contributed by atoms with Crippen LogP contribution in [0.3, 0.4) is 0 Å². The van der Waals surface area contributed by atoms with Crippen molar-refractivity contribution in [2.75, 3.05) is 5.73 Å². The third-order valence-electron chi connectivity index (χ3n) is 4.38. The maximum absolute atomic E-state index is 12.4. The van der Waals surface area contributed by atoms with Crippen molar-refractivity contribution in [2.24, 2.45) is 11.8 Å². The molecular formula is C17H25NO. The molecular weight excluding hydrogens is 234 g/mol. The van der Waals surface area contributed by atoms with Gasteiger partial charge in [-0.1, -0.05) is 26.2 Å². The lowest BCUT2D eigenvalue weighted by atomic mass is 9.77. The molecule has 1 aliphatic rings. The number of anilines is 1. The maximum Gasteiger partial charge on any atom is 0.165 e. The zero-order valence-corrected chi connectivity index (χ0v) is 11.9. The molecule has 0 heterocycles. The van der Waals surface area contributed by atoms with E-state index in [2.05, 4.69) is 6.92 Å². The van der Waals surface area contributed by atoms with E-state index in [1.165, 1.54) is 32.1 Å². The maximum atomic E-state index is 12.4. The van der Waals surface area contributed by atoms with Crippen LogP contribution in [-0.4, -0.2) is 5.78 Å². The summed E-state index contributed by atoms with van der Waals surface area (Å²) in [7, 11) is 0. The molecule has 0 unspecified atom stereocenters. The summed E-state index contributed by atoms with van der Waals surface area (Å²) in [4.78, 5) is 12.4. The van der Waals surface area contributed by atoms with Crippen molar-refractivity contribution in [1.82, 2.24) is 0 Å². The molecule has 1 saturated carbocycles. The number of rotatable bonds is 5. The number of hydrogen-bond donors (Lipinski definition) is 1. The fourth-order valence-corrected chi connectivity index (χ4v) is 3.09. The van der Waals surface area contributed by atoms with E-state index in [-0.39, 0.29) is 5.92 Å². The lowest BCUT2D eigenvalue weighted by Crippen LogP contribution is -2.22. The number of unbranched alkanes of at least 4 members (excludes halogenated alkanes) is 1. The zero-order chi connectivity index (χ0) is 13.7. The topological polar surface area (TPSA) is 43.1 Å². The van der Waals surface area contributed by atoms with Crippen molar-refractivity contribution in [1.29, 1.82) is 0 Å². The zero-order valence-electron chi connectivity index (χ0n) is 11.9. The molecule has 0 saturated heterocycles. The van der Waals surface area contributed by atoms with Crippen LogP contribution in [0.15, 0.2) is 24.3 Å². The first-order valence-corrected chi connectivity index (χ1v) is 7.60. The normalized spacial score (nSPS) is 23.2. The van der Waals surface area contributed by atoms with Crippen LogP contribution in [0.2, 0.25) is 0 Å². The average Bonchev–Trinajstić information content (AvgIpc) is 2.46. The van der Waals surface area contributed by atoms with Gasteiger partial charge in [-0.15, -0.1) is 0 Å². The van der Waals surface area contributed by atoms with Crippen LogP contribution >= 0.6 is 0 Å². The average molecular weight is 259 g/mol. The van der Waals surface area contributed by atoms with E-state index in [1.54, 1.807) is 0 Å². The lowest BCUT2D eigenvalue weighted by molar-refractivity contribution is 0.0869. The molecule has 0 atom stereocenters. The third-order valence-corrected chi connectivity index (χ3v) is 4.38. The van der Waals surface area contributed by atoms with E-state index >= 15 is 0 Å². The largest absolute Gasteiger partial charge is 0.399 e. The highest BCUT2D eigenvalue weighted by molar-refractivity contribution is 5.98. The predicted molar refractivity (Wildman–Crippen MR) is 80.2 cm³/mol. The molecule has 104 valence electrons. The molecule has 1 fully saturated rings. The summed E-state index contributed by atoms with van der Waals surface area (Å²) in [6, 6.07) is 7.36. The number of benzene rings is 1. The summed E-state index contributed by atoms with van der Waals surface area (Å²) in [5.74, 6) is 1.41. The van der Waals surface area contributed by atoms with Crippen LogP contribution in [0.5, 0.6) is 0 Å². The van der Waals surface area contributed by atoms with Gasteiger partial charge in [-0.05, 0) is 55.9 Å². The van der Waals surface area contributed by atoms with Gasteiger partial charge in [-0.3, -0.25) is 4.79 Å². The Balaban J connectivity index is 1.87. The number of hydrogen-bond acceptors (Lipinski definition) is 2. The monoisotopic (exact) mass is 259 g/mol. The fourth-order valence-electron chi connectivity index (χ4n) is 3.09. The molecule has 0 aromatic heterocycles. The van der Waals surface area contributed by atoms with Crippen LogP contribution in [0.1, 0.15) is 62.2 Å². The predicted octanol–water partition coefficient (Wildman–Crippen LogP) is 4.45. The van der Waals surface area contributed by atoms with Gasteiger partial charge in [0.2, 0.25) is 0 Å². The van der Waals surface area contributed by atoms with Gasteiger partial charge in [0, 0.05) is 17.2 Å². The minimum Gasteiger partial charge on any atom is -0.399 e. The highest BCUT2D eigenvalue weighted by Crippen LogP contribution is 2.33. The molecule has 1 aromatic carbocycles. The summed E-state index contributed by atoms with van der Waals surface area (Å²) in [5, 5.41) is 0. The van der Waals surface area contributed by atoms with Crippen LogP contribution in [0.4, 0.5) is 5.69 Å². The van der Waals surface area contributed by atoms with E-state index in [0.29, 0.717) is 5.78 Å². The number of ketones is 1. The molecule has 0 amide bonds. The van der Waals surface area contributed by atoms with Crippen LogP contribution in [0.25, 0.3) is 0 Å². The Morgan fingerprint density at radius 1 is 1.16 bits per heavy atom. The first-order valence-electron chi connectivity index (χ1n) is 7.60. The lowest BCUT2D eigenvalue weighted by Gasteiger charge is -2.27. The molecule has 19 heavy (non-hydrogen) atoms. The highest BCUT2D eigenvalue weighted by Gasteiger charge is 2.26. The van der Waals surface area contributed by atoms with Crippen molar-refractivity contribution in [2.45, 2.75) is 51.9 Å². The molecule has 2 heteroatoms. The summed E-state index contributed by atoms with van der Waals surface area (Å²) < 4.78 is 0. The van der Waals surface area contributed by atoms with Gasteiger partial charge in [-0.25, -0.2) is 0 Å². The van der Waals surface area contributed by atoms with Gasteiger partial charge in [0.05, 0.1) is 0 Å². The van der Waals surface area contributed by atoms with Crippen molar-refractivity contribution >= 4 is 11.5 Å². The molecule has 2 N–H and O–H groups in total. The van der Waals surface area contributed by atoms with Crippen LogP contribution < -0.4 is 5.73 Å². The number of carbonyl (C=O) groups is 1. The molecule has 2 nitrogen and oxygen atoms in total. The van der Waals surface area contributed by atoms with E-state index in [9.17, 15) is 4.79 Å². The Labute approximate surface area is 116 Å². The van der Waals surface area contributed by atoms with Crippen LogP contribution in [-0.2, 0) is 0 Å². The number of carbonyl (C=O) groups excluding carboxylic acids is 1. The van der Waals surface area contributed by atoms with Gasteiger partial charge in [0.25, 0.3) is 0 Å². The second-order valence-electron chi connectivity index (χ2n) is 5.85. The SMILES string of the molecule is CCCCC1CCC(C(=O)c2ccc(N)cc2)CC1. The summed E-state index contributed by atoms with van der Waals surface area (Å²) in [6.45, 7) is 2.25. The Hall–Kier alpha value is -1.31. The first-order chi connectivity index (χ1) is 9.20. The Morgan fingerprint density at radius 3 is 2.37 bits per heavy atom. The van der Waals surface area contributed by atoms with E-state index in [1.807, 2.05) is 24.3 Å². The second kappa shape index (κ2) is 6.74. The van der Waals surface area contributed by atoms with Crippen molar-refractivity contribution in [3.8, 4) is 0 Å². The molecule has 0 radical (unpaired) electrons. The van der Waals surface area contributed by atoms with Gasteiger partial charge < -0.3 is 5.73 Å². The molecule has 0 aliphatic heterocycles. The molecule has 0 bridgehead atoms. The summed E-state index contributed by atoms with van der Waals surface area (Å²) >= 11 is 0. The Bertz CT molecular complexity index is 402. The van der Waals surface area contributed by atoms with Gasteiger partial charge in [0.1, 0.15) is 0 Å². The van der Waals surface area contributed by atoms with Crippen molar-refractivity contribution in [3.05, 3.63) is 29.8 Å². The summed E-state index contributed by atoms with van der Waals surface area (Å²) in [6.07, 6.45) is 8.55. The van der Waals surface area contributed by atoms with E-state index in [4.69, 9.17) is 5.73 Å². The minimum absolute atomic E-state index is 0.238. The van der Waals surface area contributed by atoms with Gasteiger partial charge >= 0.3 is 0 Å². The number of nitrogen functional groups attached to an aromatic ring is 1. The van der Waals surface area contributed by atoms with Gasteiger partial charge in [0.15, 0.2) is 5.78 Å². The highest BCUT2D eigenvalue weighted by atomic mass is 16.1. The van der Waals surface area contributed by atoms with Crippen molar-refractivity contribution in [3.63, 3.8) is 0 Å². The summed E-state index contributed by atoms with van der Waals surface area (Å²) in [5.41, 5.74) is 7.21. The third kappa shape index (κ3) is 3.82. The Kier molecular flexibility index (Phi) is 5.00. The minimum atomic E-state index is 0.238. The molecule has 1 aromatic rings. The Morgan fingerprint density at radius 2 is 1.79 bits per heavy atom. The van der Waals surface area contributed by atoms with E-state index in [0.717, 1.165) is 30.0 Å². The number of nitrogens with two attached hydrogens (primary N) is 1. The second-order valence-corrected chi connectivity index (χ2v) is 5.85. The smallest absolute Gasteiger partial charge is 0.165 e. The van der Waals surface area contributed by atoms with Crippen LogP contribution in [0, 0.1) is 11.8 Å². The molecule has 2 rings (SSSR count). The van der Waals surface area contributed by atoms with Gasteiger partial charge in [-0.2, -0.15) is 0 Å². The fraction of sp³-hybridized carbons (Fsp3) is 0.588. The van der Waals surface area contributed by atoms with E-state index < -0.39 is 0 Å².